The predicted molar refractivity (Wildman–Crippen MR) is 104 cm³/mol. The molecule has 0 bridgehead atoms. The average Bonchev–Trinajstić information content (AvgIpc) is 2.62. The molecule has 0 radical (unpaired) electrons. The van der Waals surface area contributed by atoms with Crippen molar-refractivity contribution in [2.24, 2.45) is 0 Å². The van der Waals surface area contributed by atoms with E-state index in [2.05, 4.69) is 5.32 Å². The fourth-order valence-electron chi connectivity index (χ4n) is 2.44. The molecular formula is C19H20Cl2N2O3. The minimum atomic E-state index is -0.250. The number of para-hydroxylation sites is 1. The molecule has 0 unspecified atom stereocenters. The third-order valence-corrected chi connectivity index (χ3v) is 4.65. The van der Waals surface area contributed by atoms with E-state index in [0.29, 0.717) is 28.0 Å². The van der Waals surface area contributed by atoms with Gasteiger partial charge in [-0.2, -0.15) is 0 Å². The summed E-state index contributed by atoms with van der Waals surface area (Å²) in [7, 11) is 1.58. The number of carbonyl (C=O) groups is 2. The monoisotopic (exact) mass is 394 g/mol. The zero-order valence-corrected chi connectivity index (χ0v) is 16.1. The van der Waals surface area contributed by atoms with Gasteiger partial charge in [-0.15, -0.1) is 0 Å². The van der Waals surface area contributed by atoms with Crippen LogP contribution in [0.4, 0.5) is 5.69 Å². The Kier molecular flexibility index (Phi) is 7.30. The van der Waals surface area contributed by atoms with Gasteiger partial charge in [0.2, 0.25) is 11.8 Å². The van der Waals surface area contributed by atoms with E-state index >= 15 is 0 Å². The Morgan fingerprint density at radius 3 is 2.54 bits per heavy atom. The molecule has 0 aliphatic carbocycles. The fraction of sp³-hybridized carbons (Fsp3) is 0.263. The van der Waals surface area contributed by atoms with Crippen LogP contribution in [0.2, 0.25) is 10.0 Å². The number of methoxy groups -OCH3 is 1. The molecule has 0 spiro atoms. The summed E-state index contributed by atoms with van der Waals surface area (Å²) >= 11 is 12.0. The Balaban J connectivity index is 1.99. The summed E-state index contributed by atoms with van der Waals surface area (Å²) < 4.78 is 5.31. The molecule has 26 heavy (non-hydrogen) atoms. The van der Waals surface area contributed by atoms with Crippen molar-refractivity contribution in [3.63, 3.8) is 0 Å². The molecule has 5 nitrogen and oxygen atoms in total. The SMILES string of the molecule is COc1ccccc1CN(CCC(=O)Nc1cccc(Cl)c1Cl)C(C)=O. The molecule has 0 saturated heterocycles. The van der Waals surface area contributed by atoms with Crippen LogP contribution in [0.15, 0.2) is 42.5 Å². The lowest BCUT2D eigenvalue weighted by Gasteiger charge is -2.22. The second kappa shape index (κ2) is 9.46. The second-order valence-corrected chi connectivity index (χ2v) is 6.44. The van der Waals surface area contributed by atoms with Gasteiger partial charge in [0.1, 0.15) is 5.75 Å². The van der Waals surface area contributed by atoms with Crippen molar-refractivity contribution in [1.82, 2.24) is 4.90 Å². The first kappa shape index (κ1) is 20.1. The number of rotatable bonds is 7. The summed E-state index contributed by atoms with van der Waals surface area (Å²) in [6.45, 7) is 2.11. The molecule has 2 rings (SSSR count). The lowest BCUT2D eigenvalue weighted by molar-refractivity contribution is -0.129. The summed E-state index contributed by atoms with van der Waals surface area (Å²) in [6.07, 6.45) is 0.136. The van der Waals surface area contributed by atoms with E-state index in [0.717, 1.165) is 5.56 Å². The van der Waals surface area contributed by atoms with Gasteiger partial charge < -0.3 is 15.0 Å². The molecule has 7 heteroatoms. The number of benzene rings is 2. The van der Waals surface area contributed by atoms with Gasteiger partial charge in [-0.3, -0.25) is 9.59 Å². The molecule has 2 amide bonds. The minimum Gasteiger partial charge on any atom is -0.496 e. The van der Waals surface area contributed by atoms with Gasteiger partial charge in [-0.1, -0.05) is 47.5 Å². The van der Waals surface area contributed by atoms with E-state index in [4.69, 9.17) is 27.9 Å². The molecule has 0 fully saturated rings. The van der Waals surface area contributed by atoms with Crippen molar-refractivity contribution >= 4 is 40.7 Å². The molecular weight excluding hydrogens is 375 g/mol. The maximum absolute atomic E-state index is 12.2. The van der Waals surface area contributed by atoms with E-state index in [1.54, 1.807) is 30.2 Å². The molecule has 2 aromatic rings. The topological polar surface area (TPSA) is 58.6 Å². The van der Waals surface area contributed by atoms with Crippen LogP contribution in [0.1, 0.15) is 18.9 Å². The zero-order valence-electron chi connectivity index (χ0n) is 14.6. The molecule has 0 saturated carbocycles. The first-order chi connectivity index (χ1) is 12.4. The number of halogens is 2. The van der Waals surface area contributed by atoms with Crippen molar-refractivity contribution in [3.8, 4) is 5.75 Å². The Hall–Kier alpha value is -2.24. The number of hydrogen-bond acceptors (Lipinski definition) is 3. The Morgan fingerprint density at radius 1 is 1.12 bits per heavy atom. The van der Waals surface area contributed by atoms with Gasteiger partial charge in [0.05, 0.1) is 22.8 Å². The number of carbonyl (C=O) groups excluding carboxylic acids is 2. The highest BCUT2D eigenvalue weighted by molar-refractivity contribution is 6.43. The Bertz CT molecular complexity index is 796. The van der Waals surface area contributed by atoms with Gasteiger partial charge in [0.25, 0.3) is 0 Å². The van der Waals surface area contributed by atoms with Crippen LogP contribution in [-0.4, -0.2) is 30.4 Å². The van der Waals surface area contributed by atoms with E-state index in [9.17, 15) is 9.59 Å². The molecule has 0 aromatic heterocycles. The standard InChI is InChI=1S/C19H20Cl2N2O3/c1-13(24)23(12-14-6-3-4-9-17(14)26-2)11-10-18(25)22-16-8-5-7-15(20)19(16)21/h3-9H,10-12H2,1-2H3,(H,22,25). The van der Waals surface area contributed by atoms with Gasteiger partial charge in [-0.25, -0.2) is 0 Å². The molecule has 1 N–H and O–H groups in total. The van der Waals surface area contributed by atoms with Crippen LogP contribution in [0.25, 0.3) is 0 Å². The van der Waals surface area contributed by atoms with Crippen molar-refractivity contribution in [1.29, 1.82) is 0 Å². The highest BCUT2D eigenvalue weighted by atomic mass is 35.5. The number of amides is 2. The van der Waals surface area contributed by atoms with Crippen LogP contribution in [0.5, 0.6) is 5.75 Å². The van der Waals surface area contributed by atoms with Crippen molar-refractivity contribution in [2.45, 2.75) is 19.9 Å². The van der Waals surface area contributed by atoms with E-state index in [1.165, 1.54) is 6.92 Å². The Labute approximate surface area is 162 Å². The third-order valence-electron chi connectivity index (χ3n) is 3.83. The summed E-state index contributed by atoms with van der Waals surface area (Å²) in [4.78, 5) is 25.7. The number of anilines is 1. The highest BCUT2D eigenvalue weighted by Gasteiger charge is 2.15. The lowest BCUT2D eigenvalue weighted by Crippen LogP contribution is -2.31. The number of nitrogens with one attached hydrogen (secondary N) is 1. The third kappa shape index (κ3) is 5.38. The molecule has 0 aliphatic rings. The minimum absolute atomic E-state index is 0.121. The average molecular weight is 395 g/mol. The van der Waals surface area contributed by atoms with Crippen LogP contribution in [0, 0.1) is 0 Å². The number of ether oxygens (including phenoxy) is 1. The van der Waals surface area contributed by atoms with Crippen LogP contribution in [-0.2, 0) is 16.1 Å². The van der Waals surface area contributed by atoms with Gasteiger partial charge in [0, 0.05) is 32.0 Å². The summed E-state index contributed by atoms with van der Waals surface area (Å²) in [5, 5.41) is 3.37. The van der Waals surface area contributed by atoms with Crippen molar-refractivity contribution in [2.75, 3.05) is 19.0 Å². The number of hydrogen-bond donors (Lipinski definition) is 1. The molecule has 0 atom stereocenters. The maximum Gasteiger partial charge on any atom is 0.226 e. The zero-order chi connectivity index (χ0) is 19.1. The van der Waals surface area contributed by atoms with Crippen LogP contribution >= 0.6 is 23.2 Å². The lowest BCUT2D eigenvalue weighted by atomic mass is 10.2. The van der Waals surface area contributed by atoms with Crippen molar-refractivity contribution in [3.05, 3.63) is 58.1 Å². The first-order valence-electron chi connectivity index (χ1n) is 8.03. The molecule has 0 aliphatic heterocycles. The second-order valence-electron chi connectivity index (χ2n) is 5.65. The largest absolute Gasteiger partial charge is 0.496 e. The summed E-state index contributed by atoms with van der Waals surface area (Å²) in [6, 6.07) is 12.5. The molecule has 138 valence electrons. The van der Waals surface area contributed by atoms with Gasteiger partial charge in [0.15, 0.2) is 0 Å². The van der Waals surface area contributed by atoms with Gasteiger partial charge >= 0.3 is 0 Å². The molecule has 0 heterocycles. The van der Waals surface area contributed by atoms with E-state index in [1.807, 2.05) is 24.3 Å². The van der Waals surface area contributed by atoms with Crippen molar-refractivity contribution < 1.29 is 14.3 Å². The summed E-state index contributed by atoms with van der Waals surface area (Å²) in [5.41, 5.74) is 1.33. The van der Waals surface area contributed by atoms with E-state index < -0.39 is 0 Å². The quantitative estimate of drug-likeness (QED) is 0.757. The van der Waals surface area contributed by atoms with Gasteiger partial charge in [-0.05, 0) is 18.2 Å². The smallest absolute Gasteiger partial charge is 0.226 e. The van der Waals surface area contributed by atoms with E-state index in [-0.39, 0.29) is 24.8 Å². The highest BCUT2D eigenvalue weighted by Crippen LogP contribution is 2.29. The maximum atomic E-state index is 12.2. The summed E-state index contributed by atoms with van der Waals surface area (Å²) in [5.74, 6) is 0.332. The van der Waals surface area contributed by atoms with Crippen LogP contribution < -0.4 is 10.1 Å². The predicted octanol–water partition coefficient (Wildman–Crippen LogP) is 4.38. The van der Waals surface area contributed by atoms with Crippen LogP contribution in [0.3, 0.4) is 0 Å². The number of nitrogens with zero attached hydrogens (tertiary/aromatic N) is 1. The first-order valence-corrected chi connectivity index (χ1v) is 8.79. The fourth-order valence-corrected chi connectivity index (χ4v) is 2.78. The normalized spacial score (nSPS) is 10.3. The Morgan fingerprint density at radius 2 is 1.85 bits per heavy atom. The molecule has 2 aromatic carbocycles.